The zero-order valence-electron chi connectivity index (χ0n) is 17.2. The third-order valence-electron chi connectivity index (χ3n) is 5.34. The lowest BCUT2D eigenvalue weighted by Gasteiger charge is -2.13. The van der Waals surface area contributed by atoms with Gasteiger partial charge in [-0.2, -0.15) is 9.78 Å². The molecule has 0 saturated heterocycles. The first-order chi connectivity index (χ1) is 14.9. The molecule has 0 unspecified atom stereocenters. The molecule has 0 spiro atoms. The lowest BCUT2D eigenvalue weighted by molar-refractivity contribution is -0.118. The minimum Gasteiger partial charge on any atom is -0.368 e. The van der Waals surface area contributed by atoms with E-state index >= 15 is 0 Å². The van der Waals surface area contributed by atoms with Crippen LogP contribution in [0.4, 0.5) is 0 Å². The second-order valence-electron chi connectivity index (χ2n) is 7.50. The summed E-state index contributed by atoms with van der Waals surface area (Å²) in [6.45, 7) is 4.14. The number of carbonyl (C=O) groups excluding carboxylic acids is 1. The molecule has 4 aromatic rings. The molecule has 0 aliphatic rings. The van der Waals surface area contributed by atoms with Gasteiger partial charge in [0.1, 0.15) is 12.4 Å². The Morgan fingerprint density at radius 2 is 2.03 bits per heavy atom. The van der Waals surface area contributed by atoms with Crippen LogP contribution in [-0.4, -0.2) is 26.3 Å². The number of para-hydroxylation sites is 1. The monoisotopic (exact) mass is 479 g/mol. The molecule has 31 heavy (non-hydrogen) atoms. The topological polar surface area (TPSA) is 95.3 Å². The number of nitrogens with two attached hydrogens (primary N) is 1. The highest BCUT2D eigenvalue weighted by Crippen LogP contribution is 2.22. The maximum atomic E-state index is 13.3. The average molecular weight is 480 g/mol. The van der Waals surface area contributed by atoms with Gasteiger partial charge < -0.3 is 10.3 Å². The van der Waals surface area contributed by atoms with Crippen LogP contribution in [0.5, 0.6) is 0 Å². The average Bonchev–Trinajstić information content (AvgIpc) is 3.09. The maximum Gasteiger partial charge on any atom is 0.282 e. The fraction of sp³-hybridized carbons (Fsp3) is 0.217. The Balaban J connectivity index is 1.89. The van der Waals surface area contributed by atoms with Gasteiger partial charge in [-0.15, -0.1) is 0 Å². The summed E-state index contributed by atoms with van der Waals surface area (Å²) in [4.78, 5) is 29.5. The Bertz CT molecular complexity index is 1390. The second-order valence-corrected chi connectivity index (χ2v) is 8.41. The van der Waals surface area contributed by atoms with Crippen LogP contribution in [0, 0.1) is 0 Å². The van der Waals surface area contributed by atoms with Gasteiger partial charge in [0.15, 0.2) is 0 Å². The lowest BCUT2D eigenvalue weighted by atomic mass is 10.1. The van der Waals surface area contributed by atoms with E-state index in [1.54, 1.807) is 16.8 Å². The zero-order valence-corrected chi connectivity index (χ0v) is 18.8. The van der Waals surface area contributed by atoms with Gasteiger partial charge in [0.25, 0.3) is 5.56 Å². The lowest BCUT2D eigenvalue weighted by Crippen LogP contribution is -2.23. The summed E-state index contributed by atoms with van der Waals surface area (Å²) >= 11 is 3.42. The highest BCUT2D eigenvalue weighted by Gasteiger charge is 2.16. The summed E-state index contributed by atoms with van der Waals surface area (Å²) in [5, 5.41) is 5.95. The molecule has 2 heterocycles. The molecule has 4 rings (SSSR count). The van der Waals surface area contributed by atoms with Gasteiger partial charge in [-0.1, -0.05) is 48.0 Å². The molecule has 2 aromatic heterocycles. The minimum atomic E-state index is -0.427. The van der Waals surface area contributed by atoms with E-state index in [0.29, 0.717) is 16.7 Å². The van der Waals surface area contributed by atoms with Crippen molar-refractivity contribution in [2.45, 2.75) is 32.7 Å². The Kier molecular flexibility index (Phi) is 5.73. The predicted molar refractivity (Wildman–Crippen MR) is 127 cm³/mol. The molecule has 0 bridgehead atoms. The molecule has 0 aliphatic carbocycles. The molecular weight excluding hydrogens is 458 g/mol. The van der Waals surface area contributed by atoms with Crippen molar-refractivity contribution in [3.63, 3.8) is 0 Å². The number of aromatic nitrogens is 3. The van der Waals surface area contributed by atoms with E-state index in [1.807, 2.05) is 56.4 Å². The third-order valence-corrected chi connectivity index (χ3v) is 5.84. The number of hydrogen-bond donors (Lipinski definition) is 1. The van der Waals surface area contributed by atoms with Gasteiger partial charge in [-0.3, -0.25) is 9.59 Å². The van der Waals surface area contributed by atoms with Crippen molar-refractivity contribution < 1.29 is 4.79 Å². The normalized spacial score (nSPS) is 12.7. The molecule has 0 radical (unpaired) electrons. The summed E-state index contributed by atoms with van der Waals surface area (Å²) < 4.78 is 3.97. The highest BCUT2D eigenvalue weighted by molar-refractivity contribution is 9.10. The van der Waals surface area contributed by atoms with Crippen molar-refractivity contribution in [3.05, 3.63) is 74.9 Å². The standard InChI is InChI=1S/C23H22BrN5O2/c1-3-14(2)22-27-19-9-8-16(24)10-18(19)23(31)29(22)26-11-15-12-28(13-21(25)30)20-7-5-4-6-17(15)20/h4-12,14H,3,13H2,1-2H3,(H2,25,30)/t14-/m0/s1. The smallest absolute Gasteiger partial charge is 0.282 e. The molecule has 1 atom stereocenters. The number of benzene rings is 2. The summed E-state index contributed by atoms with van der Waals surface area (Å²) in [6, 6.07) is 13.1. The van der Waals surface area contributed by atoms with E-state index in [-0.39, 0.29) is 18.0 Å². The molecule has 158 valence electrons. The van der Waals surface area contributed by atoms with Crippen LogP contribution in [0.3, 0.4) is 0 Å². The fourth-order valence-electron chi connectivity index (χ4n) is 3.58. The Morgan fingerprint density at radius 1 is 1.26 bits per heavy atom. The Hall–Kier alpha value is -3.26. The summed E-state index contributed by atoms with van der Waals surface area (Å²) in [7, 11) is 0. The number of fused-ring (bicyclic) bond motifs is 2. The van der Waals surface area contributed by atoms with Gasteiger partial charge in [-0.05, 0) is 30.7 Å². The number of primary amides is 1. The first-order valence-electron chi connectivity index (χ1n) is 10.0. The van der Waals surface area contributed by atoms with Crippen LogP contribution in [-0.2, 0) is 11.3 Å². The fourth-order valence-corrected chi connectivity index (χ4v) is 3.94. The van der Waals surface area contributed by atoms with Crippen LogP contribution in [0.1, 0.15) is 37.6 Å². The third kappa shape index (κ3) is 4.03. The van der Waals surface area contributed by atoms with E-state index in [9.17, 15) is 9.59 Å². The maximum absolute atomic E-state index is 13.3. The van der Waals surface area contributed by atoms with Crippen molar-refractivity contribution in [2.75, 3.05) is 0 Å². The van der Waals surface area contributed by atoms with Crippen LogP contribution < -0.4 is 11.3 Å². The second kappa shape index (κ2) is 8.47. The van der Waals surface area contributed by atoms with Crippen molar-refractivity contribution in [1.82, 2.24) is 14.2 Å². The molecule has 1 amide bonds. The van der Waals surface area contributed by atoms with Crippen molar-refractivity contribution in [3.8, 4) is 0 Å². The minimum absolute atomic E-state index is 0.0501. The quantitative estimate of drug-likeness (QED) is 0.423. The van der Waals surface area contributed by atoms with Crippen LogP contribution in [0.25, 0.3) is 21.8 Å². The van der Waals surface area contributed by atoms with Crippen molar-refractivity contribution in [2.24, 2.45) is 10.8 Å². The van der Waals surface area contributed by atoms with Crippen LogP contribution >= 0.6 is 15.9 Å². The summed E-state index contributed by atoms with van der Waals surface area (Å²) in [5.41, 5.74) is 7.47. The summed E-state index contributed by atoms with van der Waals surface area (Å²) in [6.07, 6.45) is 4.28. The molecule has 0 fully saturated rings. The van der Waals surface area contributed by atoms with Gasteiger partial charge in [0.2, 0.25) is 5.91 Å². The van der Waals surface area contributed by atoms with Gasteiger partial charge in [0, 0.05) is 33.1 Å². The SMILES string of the molecule is CC[C@H](C)c1nc2ccc(Br)cc2c(=O)n1N=Cc1cn(CC(N)=O)c2ccccc12. The Morgan fingerprint density at radius 3 is 2.77 bits per heavy atom. The van der Waals surface area contributed by atoms with E-state index < -0.39 is 5.91 Å². The first kappa shape index (κ1) is 21.0. The number of carbonyl (C=O) groups is 1. The molecule has 2 aromatic carbocycles. The molecule has 8 heteroatoms. The molecule has 0 saturated carbocycles. The van der Waals surface area contributed by atoms with E-state index in [1.165, 1.54) is 4.68 Å². The Labute approximate surface area is 187 Å². The number of amides is 1. The number of nitrogens with zero attached hydrogens (tertiary/aromatic N) is 4. The van der Waals surface area contributed by atoms with Gasteiger partial charge in [-0.25, -0.2) is 4.98 Å². The van der Waals surface area contributed by atoms with Crippen LogP contribution in [0.15, 0.2) is 63.0 Å². The molecule has 0 aliphatic heterocycles. The largest absolute Gasteiger partial charge is 0.368 e. The summed E-state index contributed by atoms with van der Waals surface area (Å²) in [5.74, 6) is 0.234. The van der Waals surface area contributed by atoms with Gasteiger partial charge in [0.05, 0.1) is 17.1 Å². The van der Waals surface area contributed by atoms with Crippen molar-refractivity contribution >= 4 is 49.9 Å². The van der Waals surface area contributed by atoms with E-state index in [0.717, 1.165) is 27.4 Å². The van der Waals surface area contributed by atoms with Crippen molar-refractivity contribution in [1.29, 1.82) is 0 Å². The number of rotatable bonds is 6. The zero-order chi connectivity index (χ0) is 22.1. The first-order valence-corrected chi connectivity index (χ1v) is 10.8. The van der Waals surface area contributed by atoms with Crippen LogP contribution in [0.2, 0.25) is 0 Å². The highest BCUT2D eigenvalue weighted by atomic mass is 79.9. The van der Waals surface area contributed by atoms with E-state index in [2.05, 4.69) is 21.0 Å². The molecule has 2 N–H and O–H groups in total. The predicted octanol–water partition coefficient (Wildman–Crippen LogP) is 3.99. The number of halogens is 1. The number of hydrogen-bond acceptors (Lipinski definition) is 4. The molecule has 7 nitrogen and oxygen atoms in total. The van der Waals surface area contributed by atoms with Gasteiger partial charge >= 0.3 is 0 Å². The van der Waals surface area contributed by atoms with E-state index in [4.69, 9.17) is 10.7 Å². The molecular formula is C23H22BrN5O2.